The minimum atomic E-state index is -0.820. The Labute approximate surface area is 153 Å². The third-order valence-electron chi connectivity index (χ3n) is 3.55. The number of urea groups is 1. The summed E-state index contributed by atoms with van der Waals surface area (Å²) in [5, 5.41) is 2.73. The maximum absolute atomic E-state index is 12.8. The van der Waals surface area contributed by atoms with Gasteiger partial charge in [0, 0.05) is 24.0 Å². The maximum atomic E-state index is 12.8. The van der Waals surface area contributed by atoms with Crippen LogP contribution in [0.25, 0.3) is 6.08 Å². The van der Waals surface area contributed by atoms with Crippen molar-refractivity contribution in [3.8, 4) is 5.75 Å². The van der Waals surface area contributed by atoms with Gasteiger partial charge >= 0.3 is 6.03 Å². The van der Waals surface area contributed by atoms with E-state index in [1.54, 1.807) is 18.2 Å². The number of benzene rings is 1. The van der Waals surface area contributed by atoms with Crippen molar-refractivity contribution in [2.45, 2.75) is 5.16 Å². The Kier molecular flexibility index (Phi) is 4.99. The lowest BCUT2D eigenvalue weighted by molar-refractivity contribution is -0.122. The molecule has 26 heavy (non-hydrogen) atoms. The number of ether oxygens (including phenoxy) is 1. The molecule has 1 fully saturated rings. The minimum Gasteiger partial charge on any atom is -0.497 e. The predicted molar refractivity (Wildman–Crippen MR) is 95.8 cm³/mol. The van der Waals surface area contributed by atoms with Gasteiger partial charge in [0.2, 0.25) is 0 Å². The summed E-state index contributed by atoms with van der Waals surface area (Å²) < 4.78 is 5.11. The van der Waals surface area contributed by atoms with Gasteiger partial charge < -0.3 is 4.74 Å². The summed E-state index contributed by atoms with van der Waals surface area (Å²) in [6.07, 6.45) is 6.18. The van der Waals surface area contributed by atoms with Crippen molar-refractivity contribution < 1.29 is 19.1 Å². The van der Waals surface area contributed by atoms with Crippen molar-refractivity contribution in [1.29, 1.82) is 0 Å². The first-order valence-corrected chi connectivity index (χ1v) is 8.67. The fourth-order valence-corrected chi connectivity index (χ4v) is 2.63. The van der Waals surface area contributed by atoms with Crippen LogP contribution in [0.5, 0.6) is 5.75 Å². The molecule has 3 rings (SSSR count). The van der Waals surface area contributed by atoms with Crippen molar-refractivity contribution in [3.05, 3.63) is 47.8 Å². The topological polar surface area (TPSA) is 101 Å². The zero-order chi connectivity index (χ0) is 18.7. The number of nitrogens with zero attached hydrogens (tertiary/aromatic N) is 3. The largest absolute Gasteiger partial charge is 0.497 e. The SMILES string of the molecule is COc1cccc(N2C(=O)NC(=O)/C(=C\c3cnc(SC)nc3)C2=O)c1. The highest BCUT2D eigenvalue weighted by Gasteiger charge is 2.36. The van der Waals surface area contributed by atoms with E-state index in [0.717, 1.165) is 4.90 Å². The molecule has 0 bridgehead atoms. The first-order chi connectivity index (χ1) is 12.5. The molecule has 1 aromatic carbocycles. The summed E-state index contributed by atoms with van der Waals surface area (Å²) in [6.45, 7) is 0. The normalized spacial score (nSPS) is 16.0. The average molecular weight is 370 g/mol. The van der Waals surface area contributed by atoms with Gasteiger partial charge in [0.05, 0.1) is 12.8 Å². The fourth-order valence-electron chi connectivity index (χ4n) is 2.31. The monoisotopic (exact) mass is 370 g/mol. The molecule has 1 aromatic heterocycles. The molecule has 8 nitrogen and oxygen atoms in total. The van der Waals surface area contributed by atoms with E-state index in [9.17, 15) is 14.4 Å². The predicted octanol–water partition coefficient (Wildman–Crippen LogP) is 1.87. The molecule has 2 aromatic rings. The first-order valence-electron chi connectivity index (χ1n) is 7.45. The molecular formula is C17H14N4O4S. The molecule has 4 amide bonds. The van der Waals surface area contributed by atoms with Crippen molar-refractivity contribution in [2.75, 3.05) is 18.3 Å². The highest BCUT2D eigenvalue weighted by atomic mass is 32.2. The smallest absolute Gasteiger partial charge is 0.335 e. The van der Waals surface area contributed by atoms with E-state index in [-0.39, 0.29) is 5.57 Å². The van der Waals surface area contributed by atoms with Crippen LogP contribution in [-0.2, 0) is 9.59 Å². The number of carbonyl (C=O) groups excluding carboxylic acids is 3. The fraction of sp³-hybridized carbons (Fsp3) is 0.118. The molecule has 1 aliphatic rings. The number of carbonyl (C=O) groups is 3. The van der Waals surface area contributed by atoms with Gasteiger partial charge in [0.1, 0.15) is 11.3 Å². The van der Waals surface area contributed by atoms with E-state index in [0.29, 0.717) is 22.2 Å². The summed E-state index contributed by atoms with van der Waals surface area (Å²) in [5.74, 6) is -1.03. The number of nitrogens with one attached hydrogen (secondary N) is 1. The molecule has 2 heterocycles. The van der Waals surface area contributed by atoms with Crippen LogP contribution < -0.4 is 15.0 Å². The van der Waals surface area contributed by atoms with Gasteiger partial charge in [-0.2, -0.15) is 0 Å². The molecule has 0 radical (unpaired) electrons. The highest BCUT2D eigenvalue weighted by Crippen LogP contribution is 2.25. The number of imide groups is 2. The molecule has 0 spiro atoms. The molecule has 1 saturated heterocycles. The number of barbiturate groups is 1. The Hall–Kier alpha value is -3.20. The van der Waals surface area contributed by atoms with E-state index in [2.05, 4.69) is 15.3 Å². The van der Waals surface area contributed by atoms with Crippen LogP contribution in [0.1, 0.15) is 5.56 Å². The van der Waals surface area contributed by atoms with Gasteiger partial charge in [-0.15, -0.1) is 0 Å². The third-order valence-corrected chi connectivity index (χ3v) is 4.13. The number of aromatic nitrogens is 2. The third kappa shape index (κ3) is 3.42. The van der Waals surface area contributed by atoms with Crippen LogP contribution in [0.2, 0.25) is 0 Å². The average Bonchev–Trinajstić information content (AvgIpc) is 2.65. The van der Waals surface area contributed by atoms with Crippen LogP contribution in [0.4, 0.5) is 10.5 Å². The number of anilines is 1. The molecular weight excluding hydrogens is 356 g/mol. The standard InChI is InChI=1S/C17H14N4O4S/c1-25-12-5-3-4-11(7-12)21-15(23)13(14(22)20-17(21)24)6-10-8-18-16(26-2)19-9-10/h3-9H,1-2H3,(H,20,22,24)/b13-6+. The molecule has 1 N–H and O–H groups in total. The molecule has 0 aliphatic carbocycles. The number of amides is 4. The van der Waals surface area contributed by atoms with E-state index >= 15 is 0 Å². The van der Waals surface area contributed by atoms with Gasteiger partial charge in [0.15, 0.2) is 5.16 Å². The van der Waals surface area contributed by atoms with Crippen molar-refractivity contribution in [2.24, 2.45) is 0 Å². The maximum Gasteiger partial charge on any atom is 0.335 e. The lowest BCUT2D eigenvalue weighted by Crippen LogP contribution is -2.54. The number of hydrogen-bond acceptors (Lipinski definition) is 7. The number of hydrogen-bond donors (Lipinski definition) is 1. The second kappa shape index (κ2) is 7.36. The van der Waals surface area contributed by atoms with Crippen LogP contribution in [0, 0.1) is 0 Å². The lowest BCUT2D eigenvalue weighted by atomic mass is 10.1. The summed E-state index contributed by atoms with van der Waals surface area (Å²) in [4.78, 5) is 46.1. The Morgan fingerprint density at radius 2 is 1.92 bits per heavy atom. The molecule has 0 unspecified atom stereocenters. The Morgan fingerprint density at radius 3 is 2.58 bits per heavy atom. The first kappa shape index (κ1) is 17.6. The highest BCUT2D eigenvalue weighted by molar-refractivity contribution is 7.98. The zero-order valence-electron chi connectivity index (χ0n) is 13.9. The van der Waals surface area contributed by atoms with Gasteiger partial charge in [0.25, 0.3) is 11.8 Å². The summed E-state index contributed by atoms with van der Waals surface area (Å²) in [5.41, 5.74) is 0.577. The summed E-state index contributed by atoms with van der Waals surface area (Å²) >= 11 is 1.37. The van der Waals surface area contributed by atoms with E-state index < -0.39 is 17.8 Å². The number of thioether (sulfide) groups is 1. The zero-order valence-corrected chi connectivity index (χ0v) is 14.7. The molecule has 0 saturated carbocycles. The van der Waals surface area contributed by atoms with Crippen LogP contribution in [-0.4, -0.2) is 41.2 Å². The van der Waals surface area contributed by atoms with Crippen LogP contribution >= 0.6 is 11.8 Å². The van der Waals surface area contributed by atoms with Crippen molar-refractivity contribution in [1.82, 2.24) is 15.3 Å². The second-order valence-corrected chi connectivity index (χ2v) is 5.94. The molecule has 0 atom stereocenters. The molecule has 9 heteroatoms. The number of methoxy groups -OCH3 is 1. The minimum absolute atomic E-state index is 0.187. The van der Waals surface area contributed by atoms with Crippen molar-refractivity contribution >= 4 is 41.4 Å². The van der Waals surface area contributed by atoms with Crippen LogP contribution in [0.3, 0.4) is 0 Å². The van der Waals surface area contributed by atoms with Gasteiger partial charge in [-0.05, 0) is 24.5 Å². The van der Waals surface area contributed by atoms with E-state index in [4.69, 9.17) is 4.74 Å². The number of rotatable bonds is 4. The van der Waals surface area contributed by atoms with E-state index in [1.165, 1.54) is 43.4 Å². The summed E-state index contributed by atoms with van der Waals surface area (Å²) in [6, 6.07) is 5.61. The van der Waals surface area contributed by atoms with Crippen molar-refractivity contribution in [3.63, 3.8) is 0 Å². The molecule has 132 valence electrons. The Balaban J connectivity index is 1.98. The van der Waals surface area contributed by atoms with Gasteiger partial charge in [-0.3, -0.25) is 14.9 Å². The van der Waals surface area contributed by atoms with Gasteiger partial charge in [-0.1, -0.05) is 17.8 Å². The van der Waals surface area contributed by atoms with Crippen LogP contribution in [0.15, 0.2) is 47.4 Å². The Morgan fingerprint density at radius 1 is 1.19 bits per heavy atom. The van der Waals surface area contributed by atoms with E-state index in [1.807, 2.05) is 6.26 Å². The lowest BCUT2D eigenvalue weighted by Gasteiger charge is -2.26. The quantitative estimate of drug-likeness (QED) is 0.379. The Bertz CT molecular complexity index is 911. The summed E-state index contributed by atoms with van der Waals surface area (Å²) in [7, 11) is 1.48. The second-order valence-electron chi connectivity index (χ2n) is 5.16. The molecule has 1 aliphatic heterocycles. The van der Waals surface area contributed by atoms with Gasteiger partial charge in [-0.25, -0.2) is 19.7 Å².